The minimum absolute atomic E-state index is 0.721. The summed E-state index contributed by atoms with van der Waals surface area (Å²) in [5, 5.41) is 4.18. The van der Waals surface area contributed by atoms with Crippen molar-refractivity contribution in [1.29, 1.82) is 0 Å². The van der Waals surface area contributed by atoms with Crippen LogP contribution in [0.2, 0.25) is 5.02 Å². The largest absolute Gasteiger partial charge is 0.491 e. The molecule has 1 N–H and O–H groups in total. The Kier molecular flexibility index (Phi) is 4.32. The van der Waals surface area contributed by atoms with Gasteiger partial charge in [-0.05, 0) is 59.1 Å². The molecule has 3 nitrogen and oxygen atoms in total. The van der Waals surface area contributed by atoms with Crippen LogP contribution in [0.3, 0.4) is 0 Å². The van der Waals surface area contributed by atoms with Crippen LogP contribution in [0.1, 0.15) is 0 Å². The molecule has 0 amide bonds. The van der Waals surface area contributed by atoms with Crippen LogP contribution in [0.5, 0.6) is 5.75 Å². The Hall–Kier alpha value is -0.290. The Morgan fingerprint density at radius 2 is 2.05 bits per heavy atom. The Labute approximate surface area is 127 Å². The molecule has 1 aromatic rings. The van der Waals surface area contributed by atoms with Gasteiger partial charge in [0.1, 0.15) is 12.4 Å². The summed E-state index contributed by atoms with van der Waals surface area (Å²) in [6.45, 7) is 6.52. The van der Waals surface area contributed by atoms with Crippen LogP contribution in [-0.4, -0.2) is 44.2 Å². The average molecular weight is 346 g/mol. The van der Waals surface area contributed by atoms with E-state index in [1.165, 1.54) is 26.2 Å². The third kappa shape index (κ3) is 3.24. The second-order valence-corrected chi connectivity index (χ2v) is 6.65. The third-order valence-electron chi connectivity index (χ3n) is 4.02. The van der Waals surface area contributed by atoms with Gasteiger partial charge in [-0.1, -0.05) is 11.6 Å². The Bertz CT molecular complexity index is 445. The number of hydrogen-bond donors (Lipinski definition) is 1. The number of rotatable bonds is 4. The maximum atomic E-state index is 5.91. The molecule has 2 heterocycles. The molecule has 5 heteroatoms. The number of likely N-dealkylation sites (tertiary alicyclic amines) is 1. The molecule has 0 bridgehead atoms. The van der Waals surface area contributed by atoms with Crippen LogP contribution >= 0.6 is 27.5 Å². The highest BCUT2D eigenvalue weighted by Crippen LogP contribution is 2.29. The lowest BCUT2D eigenvalue weighted by molar-refractivity contribution is 0.227. The topological polar surface area (TPSA) is 24.5 Å². The van der Waals surface area contributed by atoms with Crippen molar-refractivity contribution in [3.05, 3.63) is 27.7 Å². The van der Waals surface area contributed by atoms with E-state index in [9.17, 15) is 0 Å². The summed E-state index contributed by atoms with van der Waals surface area (Å²) in [7, 11) is 0. The molecule has 2 fully saturated rings. The van der Waals surface area contributed by atoms with E-state index in [-0.39, 0.29) is 0 Å². The molecule has 0 spiro atoms. The third-order valence-corrected chi connectivity index (χ3v) is 4.88. The fourth-order valence-electron chi connectivity index (χ4n) is 3.01. The first-order valence-corrected chi connectivity index (χ1v) is 7.90. The molecule has 0 unspecified atom stereocenters. The summed E-state index contributed by atoms with van der Waals surface area (Å²) in [6, 6.07) is 5.63. The van der Waals surface area contributed by atoms with Crippen molar-refractivity contribution in [3.8, 4) is 5.75 Å². The van der Waals surface area contributed by atoms with Gasteiger partial charge in [-0.25, -0.2) is 0 Å². The lowest BCUT2D eigenvalue weighted by atomic mass is 10.0. The minimum Gasteiger partial charge on any atom is -0.491 e. The van der Waals surface area contributed by atoms with Gasteiger partial charge < -0.3 is 10.1 Å². The van der Waals surface area contributed by atoms with E-state index in [1.807, 2.05) is 18.2 Å². The fraction of sp³-hybridized carbons (Fsp3) is 0.571. The number of hydrogen-bond acceptors (Lipinski definition) is 3. The normalized spacial score (nSPS) is 26.6. The number of fused-ring (bicyclic) bond motifs is 1. The number of nitrogens with one attached hydrogen (secondary N) is 1. The van der Waals surface area contributed by atoms with Gasteiger partial charge in [-0.2, -0.15) is 0 Å². The van der Waals surface area contributed by atoms with E-state index in [2.05, 4.69) is 26.1 Å². The molecule has 0 saturated carbocycles. The first-order valence-electron chi connectivity index (χ1n) is 6.73. The SMILES string of the molecule is Clc1ccc(OCCN2C[C@H]3CNC[C@H]3C2)c(Br)c1. The van der Waals surface area contributed by atoms with Crippen LogP contribution in [0.4, 0.5) is 0 Å². The van der Waals surface area contributed by atoms with E-state index >= 15 is 0 Å². The molecule has 19 heavy (non-hydrogen) atoms. The minimum atomic E-state index is 0.721. The van der Waals surface area contributed by atoms with Gasteiger partial charge >= 0.3 is 0 Å². The van der Waals surface area contributed by atoms with Crippen molar-refractivity contribution in [1.82, 2.24) is 10.2 Å². The summed E-state index contributed by atoms with van der Waals surface area (Å²) in [5.74, 6) is 2.56. The van der Waals surface area contributed by atoms with Gasteiger partial charge in [0, 0.05) is 24.7 Å². The number of benzene rings is 1. The molecule has 1 aromatic carbocycles. The Balaban J connectivity index is 1.46. The van der Waals surface area contributed by atoms with Crippen molar-refractivity contribution in [2.45, 2.75) is 0 Å². The highest BCUT2D eigenvalue weighted by Gasteiger charge is 2.35. The molecule has 2 aliphatic heterocycles. The summed E-state index contributed by atoms with van der Waals surface area (Å²) < 4.78 is 6.73. The zero-order valence-electron chi connectivity index (χ0n) is 10.7. The molecule has 2 atom stereocenters. The van der Waals surface area contributed by atoms with Gasteiger partial charge in [-0.3, -0.25) is 4.90 Å². The van der Waals surface area contributed by atoms with Crippen LogP contribution < -0.4 is 10.1 Å². The van der Waals surface area contributed by atoms with E-state index in [0.29, 0.717) is 0 Å². The predicted octanol–water partition coefficient (Wildman–Crippen LogP) is 2.63. The number of ether oxygens (including phenoxy) is 1. The van der Waals surface area contributed by atoms with Crippen LogP contribution in [0, 0.1) is 11.8 Å². The van der Waals surface area contributed by atoms with Gasteiger partial charge in [0.05, 0.1) is 4.47 Å². The highest BCUT2D eigenvalue weighted by atomic mass is 79.9. The smallest absolute Gasteiger partial charge is 0.133 e. The number of halogens is 2. The monoisotopic (exact) mass is 344 g/mol. The summed E-state index contributed by atoms with van der Waals surface area (Å²) in [4.78, 5) is 2.51. The van der Waals surface area contributed by atoms with Gasteiger partial charge in [0.2, 0.25) is 0 Å². The quantitative estimate of drug-likeness (QED) is 0.908. The van der Waals surface area contributed by atoms with Crippen molar-refractivity contribution in [2.75, 3.05) is 39.3 Å². The van der Waals surface area contributed by atoms with Crippen molar-refractivity contribution in [3.63, 3.8) is 0 Å². The Morgan fingerprint density at radius 3 is 2.74 bits per heavy atom. The van der Waals surface area contributed by atoms with Gasteiger partial charge in [0.15, 0.2) is 0 Å². The fourth-order valence-corrected chi connectivity index (χ4v) is 3.81. The molecule has 104 valence electrons. The highest BCUT2D eigenvalue weighted by molar-refractivity contribution is 9.10. The van der Waals surface area contributed by atoms with E-state index < -0.39 is 0 Å². The van der Waals surface area contributed by atoms with Crippen LogP contribution in [0.25, 0.3) is 0 Å². The summed E-state index contributed by atoms with van der Waals surface area (Å²) in [6.07, 6.45) is 0. The maximum absolute atomic E-state index is 5.91. The van der Waals surface area contributed by atoms with Gasteiger partial charge in [-0.15, -0.1) is 0 Å². The summed E-state index contributed by atoms with van der Waals surface area (Å²) >= 11 is 9.38. The number of nitrogens with zero attached hydrogens (tertiary/aromatic N) is 1. The first-order chi connectivity index (χ1) is 9.22. The second-order valence-electron chi connectivity index (χ2n) is 5.36. The lowest BCUT2D eigenvalue weighted by Gasteiger charge is -2.17. The zero-order chi connectivity index (χ0) is 13.2. The van der Waals surface area contributed by atoms with Crippen LogP contribution in [-0.2, 0) is 0 Å². The van der Waals surface area contributed by atoms with Crippen molar-refractivity contribution >= 4 is 27.5 Å². The molecular formula is C14H18BrClN2O. The van der Waals surface area contributed by atoms with Crippen molar-refractivity contribution < 1.29 is 4.74 Å². The Morgan fingerprint density at radius 1 is 1.32 bits per heavy atom. The van der Waals surface area contributed by atoms with Crippen molar-refractivity contribution in [2.24, 2.45) is 11.8 Å². The molecule has 0 aromatic heterocycles. The summed E-state index contributed by atoms with van der Waals surface area (Å²) in [5.41, 5.74) is 0. The second kappa shape index (κ2) is 6.00. The van der Waals surface area contributed by atoms with Crippen LogP contribution in [0.15, 0.2) is 22.7 Å². The van der Waals surface area contributed by atoms with E-state index in [4.69, 9.17) is 16.3 Å². The standard InChI is InChI=1S/C14H18BrClN2O/c15-13-5-12(16)1-2-14(13)19-4-3-18-8-10-6-17-7-11(10)9-18/h1-2,5,10-11,17H,3-4,6-9H2/t10-,11+. The molecule has 3 rings (SSSR count). The molecule has 2 aliphatic rings. The molecule has 0 radical (unpaired) electrons. The zero-order valence-corrected chi connectivity index (χ0v) is 13.1. The van der Waals surface area contributed by atoms with E-state index in [0.717, 1.165) is 40.2 Å². The molecular weight excluding hydrogens is 328 g/mol. The van der Waals surface area contributed by atoms with E-state index in [1.54, 1.807) is 0 Å². The maximum Gasteiger partial charge on any atom is 0.133 e. The van der Waals surface area contributed by atoms with Gasteiger partial charge in [0.25, 0.3) is 0 Å². The predicted molar refractivity (Wildman–Crippen MR) is 80.9 cm³/mol. The average Bonchev–Trinajstić information content (AvgIpc) is 2.92. The first kappa shape index (κ1) is 13.7. The molecule has 0 aliphatic carbocycles. The molecule has 2 saturated heterocycles. The lowest BCUT2D eigenvalue weighted by Crippen LogP contribution is -2.29.